The SMILES string of the molecule is COC(=O)c1ccc2[nH]c3c(c2c1)CN(S(=O)(=O)N1CC(C)OC(C)C1)CC3. The molecule has 0 aliphatic carbocycles. The standard InChI is InChI=1S/C19H25N3O5S/c1-12-9-22(10-13(2)27-12)28(24,25)21-7-6-18-16(11-21)15-8-14(19(23)26-3)4-5-17(15)20-18/h4-5,8,12-13,20H,6-7,9-11H2,1-3H3. The quantitative estimate of drug-likeness (QED) is 0.782. The van der Waals surface area contributed by atoms with Crippen molar-refractivity contribution in [3.8, 4) is 0 Å². The number of carbonyl (C=O) groups excluding carboxylic acids is 1. The van der Waals surface area contributed by atoms with Crippen LogP contribution in [0.5, 0.6) is 0 Å². The number of rotatable bonds is 3. The van der Waals surface area contributed by atoms with Gasteiger partial charge in [-0.1, -0.05) is 0 Å². The molecule has 1 saturated heterocycles. The van der Waals surface area contributed by atoms with Gasteiger partial charge >= 0.3 is 5.97 Å². The summed E-state index contributed by atoms with van der Waals surface area (Å²) in [7, 11) is -2.25. The molecule has 0 bridgehead atoms. The van der Waals surface area contributed by atoms with Gasteiger partial charge in [-0.25, -0.2) is 4.79 Å². The second-order valence-corrected chi connectivity index (χ2v) is 9.43. The summed E-state index contributed by atoms with van der Waals surface area (Å²) in [5.41, 5.74) is 3.29. The van der Waals surface area contributed by atoms with Crippen LogP contribution in [0.15, 0.2) is 18.2 Å². The molecule has 1 fully saturated rings. The summed E-state index contributed by atoms with van der Waals surface area (Å²) in [5.74, 6) is -0.409. The minimum absolute atomic E-state index is 0.130. The first-order valence-corrected chi connectivity index (χ1v) is 10.8. The highest BCUT2D eigenvalue weighted by Crippen LogP contribution is 2.31. The summed E-state index contributed by atoms with van der Waals surface area (Å²) in [4.78, 5) is 15.2. The summed E-state index contributed by atoms with van der Waals surface area (Å²) in [5, 5.41) is 0.863. The zero-order chi connectivity index (χ0) is 20.1. The van der Waals surface area contributed by atoms with Gasteiger partial charge in [0.1, 0.15) is 0 Å². The lowest BCUT2D eigenvalue weighted by atomic mass is 10.0. The van der Waals surface area contributed by atoms with Crippen molar-refractivity contribution in [1.82, 2.24) is 13.6 Å². The molecule has 2 unspecified atom stereocenters. The first-order chi connectivity index (χ1) is 13.3. The molecule has 2 aliphatic heterocycles. The minimum atomic E-state index is -3.59. The highest BCUT2D eigenvalue weighted by atomic mass is 32.2. The summed E-state index contributed by atoms with van der Waals surface area (Å²) in [6, 6.07) is 5.32. The van der Waals surface area contributed by atoms with E-state index in [9.17, 15) is 13.2 Å². The number of hydrogen-bond donors (Lipinski definition) is 1. The molecule has 8 nitrogen and oxygen atoms in total. The fourth-order valence-corrected chi connectivity index (χ4v) is 5.85. The molecular weight excluding hydrogens is 382 g/mol. The smallest absolute Gasteiger partial charge is 0.337 e. The third-order valence-electron chi connectivity index (χ3n) is 5.40. The van der Waals surface area contributed by atoms with Gasteiger partial charge in [0.05, 0.1) is 24.9 Å². The van der Waals surface area contributed by atoms with Crippen LogP contribution in [-0.2, 0) is 32.6 Å². The number of ether oxygens (including phenoxy) is 2. The van der Waals surface area contributed by atoms with E-state index in [4.69, 9.17) is 9.47 Å². The Morgan fingerprint density at radius 3 is 2.61 bits per heavy atom. The molecule has 0 radical (unpaired) electrons. The van der Waals surface area contributed by atoms with E-state index in [1.54, 1.807) is 12.1 Å². The Morgan fingerprint density at radius 1 is 1.21 bits per heavy atom. The average molecular weight is 407 g/mol. The molecule has 9 heteroatoms. The van der Waals surface area contributed by atoms with E-state index in [2.05, 4.69) is 4.98 Å². The maximum atomic E-state index is 13.2. The fourth-order valence-electron chi connectivity index (χ4n) is 4.11. The van der Waals surface area contributed by atoms with Crippen LogP contribution in [0.1, 0.15) is 35.5 Å². The van der Waals surface area contributed by atoms with Gasteiger partial charge in [0.2, 0.25) is 0 Å². The zero-order valence-electron chi connectivity index (χ0n) is 16.3. The van der Waals surface area contributed by atoms with Crippen LogP contribution in [0.3, 0.4) is 0 Å². The number of aromatic amines is 1. The predicted molar refractivity (Wildman–Crippen MR) is 104 cm³/mol. The Kier molecular flexibility index (Phi) is 4.95. The van der Waals surface area contributed by atoms with Crippen molar-refractivity contribution in [2.45, 2.75) is 39.0 Å². The number of methoxy groups -OCH3 is 1. The number of hydrogen-bond acceptors (Lipinski definition) is 5. The van der Waals surface area contributed by atoms with Gasteiger partial charge in [0.25, 0.3) is 10.2 Å². The number of fused-ring (bicyclic) bond motifs is 3. The number of nitrogens with zero attached hydrogens (tertiary/aromatic N) is 2. The molecule has 28 heavy (non-hydrogen) atoms. The van der Waals surface area contributed by atoms with Crippen LogP contribution in [0.2, 0.25) is 0 Å². The number of morpholine rings is 1. The van der Waals surface area contributed by atoms with E-state index < -0.39 is 16.2 Å². The molecule has 2 aliphatic rings. The summed E-state index contributed by atoms with van der Waals surface area (Å²) < 4.78 is 40.0. The van der Waals surface area contributed by atoms with E-state index in [-0.39, 0.29) is 18.8 Å². The molecule has 1 aromatic carbocycles. The molecule has 2 atom stereocenters. The van der Waals surface area contributed by atoms with E-state index in [1.807, 2.05) is 19.9 Å². The van der Waals surface area contributed by atoms with Crippen LogP contribution in [0.4, 0.5) is 0 Å². The number of nitrogens with one attached hydrogen (secondary N) is 1. The van der Waals surface area contributed by atoms with Crippen LogP contribution in [0, 0.1) is 0 Å². The molecule has 2 aromatic rings. The highest BCUT2D eigenvalue weighted by molar-refractivity contribution is 7.86. The minimum Gasteiger partial charge on any atom is -0.465 e. The van der Waals surface area contributed by atoms with Crippen molar-refractivity contribution in [1.29, 1.82) is 0 Å². The van der Waals surface area contributed by atoms with Crippen molar-refractivity contribution in [3.05, 3.63) is 35.0 Å². The number of benzene rings is 1. The maximum Gasteiger partial charge on any atom is 0.337 e. The highest BCUT2D eigenvalue weighted by Gasteiger charge is 2.37. The lowest BCUT2D eigenvalue weighted by molar-refractivity contribution is -0.0455. The number of esters is 1. The van der Waals surface area contributed by atoms with Crippen molar-refractivity contribution in [2.24, 2.45) is 0 Å². The number of H-pyrrole nitrogens is 1. The zero-order valence-corrected chi connectivity index (χ0v) is 17.1. The van der Waals surface area contributed by atoms with E-state index in [1.165, 1.54) is 15.7 Å². The molecule has 0 saturated carbocycles. The molecule has 1 aromatic heterocycles. The number of aromatic nitrogens is 1. The van der Waals surface area contributed by atoms with Crippen LogP contribution in [-0.4, -0.2) is 66.9 Å². The summed E-state index contributed by atoms with van der Waals surface area (Å²) in [6.45, 7) is 5.20. The lowest BCUT2D eigenvalue weighted by Gasteiger charge is -2.38. The fraction of sp³-hybridized carbons (Fsp3) is 0.526. The molecule has 0 spiro atoms. The molecule has 3 heterocycles. The van der Waals surface area contributed by atoms with Crippen molar-refractivity contribution in [2.75, 3.05) is 26.7 Å². The topological polar surface area (TPSA) is 91.9 Å². The van der Waals surface area contributed by atoms with Crippen molar-refractivity contribution >= 4 is 27.1 Å². The Labute approximate surface area is 164 Å². The summed E-state index contributed by atoms with van der Waals surface area (Å²) in [6.07, 6.45) is 0.343. The second kappa shape index (κ2) is 7.14. The van der Waals surface area contributed by atoms with Crippen LogP contribution < -0.4 is 0 Å². The van der Waals surface area contributed by atoms with E-state index in [0.29, 0.717) is 31.6 Å². The summed E-state index contributed by atoms with van der Waals surface area (Å²) >= 11 is 0. The van der Waals surface area contributed by atoms with Gasteiger partial charge in [-0.05, 0) is 37.6 Å². The van der Waals surface area contributed by atoms with Crippen LogP contribution in [0.25, 0.3) is 10.9 Å². The first kappa shape index (κ1) is 19.4. The van der Waals surface area contributed by atoms with E-state index in [0.717, 1.165) is 22.2 Å². The predicted octanol–water partition coefficient (Wildman–Crippen LogP) is 1.67. The third kappa shape index (κ3) is 3.32. The van der Waals surface area contributed by atoms with Gasteiger partial charge in [-0.3, -0.25) is 0 Å². The normalized spacial score (nSPS) is 24.2. The Hall–Kier alpha value is -1.94. The monoisotopic (exact) mass is 407 g/mol. The van der Waals surface area contributed by atoms with Gasteiger partial charge < -0.3 is 14.5 Å². The average Bonchev–Trinajstić information content (AvgIpc) is 3.03. The molecule has 1 N–H and O–H groups in total. The number of carbonyl (C=O) groups is 1. The maximum absolute atomic E-state index is 13.2. The Bertz CT molecular complexity index is 1010. The van der Waals surface area contributed by atoms with Crippen molar-refractivity contribution in [3.63, 3.8) is 0 Å². The lowest BCUT2D eigenvalue weighted by Crippen LogP contribution is -2.53. The van der Waals surface area contributed by atoms with Gasteiger partial charge in [0, 0.05) is 49.2 Å². The van der Waals surface area contributed by atoms with Crippen molar-refractivity contribution < 1.29 is 22.7 Å². The molecule has 4 rings (SSSR count). The first-order valence-electron chi connectivity index (χ1n) is 9.42. The largest absolute Gasteiger partial charge is 0.465 e. The Balaban J connectivity index is 1.66. The van der Waals surface area contributed by atoms with Gasteiger partial charge in [-0.2, -0.15) is 17.0 Å². The Morgan fingerprint density at radius 2 is 1.93 bits per heavy atom. The van der Waals surface area contributed by atoms with Gasteiger partial charge in [-0.15, -0.1) is 0 Å². The van der Waals surface area contributed by atoms with Gasteiger partial charge in [0.15, 0.2) is 0 Å². The van der Waals surface area contributed by atoms with Crippen LogP contribution >= 0.6 is 0 Å². The molecule has 0 amide bonds. The molecular formula is C19H25N3O5S. The third-order valence-corrected chi connectivity index (χ3v) is 7.31. The molecule has 152 valence electrons. The van der Waals surface area contributed by atoms with E-state index >= 15 is 0 Å². The second-order valence-electron chi connectivity index (χ2n) is 7.50.